The molecule has 0 aliphatic heterocycles. The van der Waals surface area contributed by atoms with Crippen molar-refractivity contribution in [1.29, 1.82) is 0 Å². The number of benzene rings is 2. The molecule has 3 rings (SSSR count). The molecule has 0 aliphatic rings. The standard InChI is InChI=1S/C18H17F3N4O2S/c1-11(2)25-28(26,27)13-9-7-12(8-10-13)22-16-14-5-3-4-6-15(14)23-17(24-16)18(19,20)21/h3-11,25H,1-2H3,(H,22,23,24). The van der Waals surface area contributed by atoms with Crippen LogP contribution in [0.5, 0.6) is 0 Å². The Kier molecular flexibility index (Phi) is 5.26. The molecule has 0 fully saturated rings. The van der Waals surface area contributed by atoms with Crippen molar-refractivity contribution in [2.75, 3.05) is 5.32 Å². The summed E-state index contributed by atoms with van der Waals surface area (Å²) in [5, 5.41) is 3.22. The number of para-hydroxylation sites is 1. The van der Waals surface area contributed by atoms with Gasteiger partial charge in [0.2, 0.25) is 15.8 Å². The lowest BCUT2D eigenvalue weighted by Crippen LogP contribution is -2.30. The maximum Gasteiger partial charge on any atom is 0.451 e. The van der Waals surface area contributed by atoms with Crippen LogP contribution in [0, 0.1) is 0 Å². The van der Waals surface area contributed by atoms with E-state index >= 15 is 0 Å². The number of halogens is 3. The van der Waals surface area contributed by atoms with E-state index in [1.165, 1.54) is 30.3 Å². The first-order chi connectivity index (χ1) is 13.1. The van der Waals surface area contributed by atoms with Crippen molar-refractivity contribution in [1.82, 2.24) is 14.7 Å². The maximum atomic E-state index is 13.1. The number of alkyl halides is 3. The summed E-state index contributed by atoms with van der Waals surface area (Å²) in [5.41, 5.74) is 0.535. The number of anilines is 2. The first-order valence-electron chi connectivity index (χ1n) is 8.30. The molecule has 0 radical (unpaired) electrons. The van der Waals surface area contributed by atoms with Crippen molar-refractivity contribution in [2.45, 2.75) is 31.0 Å². The molecule has 148 valence electrons. The zero-order valence-corrected chi connectivity index (χ0v) is 15.8. The van der Waals surface area contributed by atoms with Crippen molar-refractivity contribution in [2.24, 2.45) is 0 Å². The Balaban J connectivity index is 1.97. The molecule has 6 nitrogen and oxygen atoms in total. The van der Waals surface area contributed by atoms with Crippen molar-refractivity contribution in [3.05, 3.63) is 54.4 Å². The first-order valence-corrected chi connectivity index (χ1v) is 9.78. The minimum atomic E-state index is -4.69. The van der Waals surface area contributed by atoms with Crippen LogP contribution in [0.3, 0.4) is 0 Å². The Morgan fingerprint density at radius 3 is 2.21 bits per heavy atom. The lowest BCUT2D eigenvalue weighted by atomic mass is 10.2. The maximum absolute atomic E-state index is 13.1. The SMILES string of the molecule is CC(C)NS(=O)(=O)c1ccc(Nc2nc(C(F)(F)F)nc3ccccc23)cc1. The quantitative estimate of drug-likeness (QED) is 0.662. The Labute approximate surface area is 159 Å². The summed E-state index contributed by atoms with van der Waals surface area (Å²) in [5.74, 6) is -1.28. The van der Waals surface area contributed by atoms with E-state index in [4.69, 9.17) is 0 Å². The van der Waals surface area contributed by atoms with E-state index in [1.54, 1.807) is 32.0 Å². The molecule has 1 heterocycles. The molecule has 10 heteroatoms. The molecule has 28 heavy (non-hydrogen) atoms. The molecular formula is C18H17F3N4O2S. The number of aromatic nitrogens is 2. The smallest absolute Gasteiger partial charge is 0.340 e. The summed E-state index contributed by atoms with van der Waals surface area (Å²) in [6.07, 6.45) is -4.69. The molecule has 0 saturated carbocycles. The van der Waals surface area contributed by atoms with E-state index in [-0.39, 0.29) is 22.3 Å². The predicted octanol–water partition coefficient (Wildman–Crippen LogP) is 4.08. The van der Waals surface area contributed by atoms with Gasteiger partial charge in [-0.05, 0) is 50.2 Å². The molecule has 0 aliphatic carbocycles. The first kappa shape index (κ1) is 20.0. The summed E-state index contributed by atoms with van der Waals surface area (Å²) in [6, 6.07) is 11.7. The normalized spacial score (nSPS) is 12.5. The highest BCUT2D eigenvalue weighted by atomic mass is 32.2. The molecule has 3 aromatic rings. The van der Waals surface area contributed by atoms with Crippen LogP contribution in [0.25, 0.3) is 10.9 Å². The van der Waals surface area contributed by atoms with E-state index in [1.807, 2.05) is 0 Å². The fourth-order valence-electron chi connectivity index (χ4n) is 2.53. The van der Waals surface area contributed by atoms with E-state index in [9.17, 15) is 21.6 Å². The second kappa shape index (κ2) is 7.36. The van der Waals surface area contributed by atoms with Crippen molar-refractivity contribution >= 4 is 32.4 Å². The third-order valence-electron chi connectivity index (χ3n) is 3.67. The van der Waals surface area contributed by atoms with Gasteiger partial charge in [0.1, 0.15) is 5.82 Å². The van der Waals surface area contributed by atoms with Crippen molar-refractivity contribution < 1.29 is 21.6 Å². The second-order valence-corrected chi connectivity index (χ2v) is 8.05. The number of nitrogens with zero attached hydrogens (tertiary/aromatic N) is 2. The van der Waals surface area contributed by atoms with Gasteiger partial charge in [0.05, 0.1) is 10.4 Å². The Morgan fingerprint density at radius 1 is 0.964 bits per heavy atom. The van der Waals surface area contributed by atoms with E-state index in [2.05, 4.69) is 20.0 Å². The van der Waals surface area contributed by atoms with Gasteiger partial charge in [0.25, 0.3) is 0 Å². The lowest BCUT2D eigenvalue weighted by Gasteiger charge is -2.13. The van der Waals surface area contributed by atoms with Crippen LogP contribution in [0.2, 0.25) is 0 Å². The van der Waals surface area contributed by atoms with Crippen LogP contribution in [0.1, 0.15) is 19.7 Å². The molecule has 0 unspecified atom stereocenters. The topological polar surface area (TPSA) is 84.0 Å². The van der Waals surface area contributed by atoms with Crippen LogP contribution >= 0.6 is 0 Å². The second-order valence-electron chi connectivity index (χ2n) is 6.34. The molecule has 0 saturated heterocycles. The minimum Gasteiger partial charge on any atom is -0.340 e. The summed E-state index contributed by atoms with van der Waals surface area (Å²) in [4.78, 5) is 7.21. The van der Waals surface area contributed by atoms with Crippen LogP contribution in [-0.2, 0) is 16.2 Å². The molecule has 0 spiro atoms. The summed E-state index contributed by atoms with van der Waals surface area (Å²) in [6.45, 7) is 3.40. The average molecular weight is 410 g/mol. The highest BCUT2D eigenvalue weighted by molar-refractivity contribution is 7.89. The Bertz CT molecular complexity index is 1100. The fourth-order valence-corrected chi connectivity index (χ4v) is 3.78. The number of hydrogen-bond acceptors (Lipinski definition) is 5. The molecule has 0 bridgehead atoms. The number of hydrogen-bond donors (Lipinski definition) is 2. The summed E-state index contributed by atoms with van der Waals surface area (Å²) >= 11 is 0. The molecule has 0 atom stereocenters. The van der Waals surface area contributed by atoms with Crippen LogP contribution in [-0.4, -0.2) is 24.4 Å². The van der Waals surface area contributed by atoms with Crippen LogP contribution in [0.4, 0.5) is 24.7 Å². The monoisotopic (exact) mass is 410 g/mol. The predicted molar refractivity (Wildman–Crippen MR) is 99.7 cm³/mol. The lowest BCUT2D eigenvalue weighted by molar-refractivity contribution is -0.144. The van der Waals surface area contributed by atoms with E-state index in [0.29, 0.717) is 11.1 Å². The minimum absolute atomic E-state index is 0.0196. The largest absolute Gasteiger partial charge is 0.451 e. The summed E-state index contributed by atoms with van der Waals surface area (Å²) < 4.78 is 66.1. The third kappa shape index (κ3) is 4.39. The van der Waals surface area contributed by atoms with Gasteiger partial charge in [-0.1, -0.05) is 12.1 Å². The molecule has 2 N–H and O–H groups in total. The number of nitrogens with one attached hydrogen (secondary N) is 2. The van der Waals surface area contributed by atoms with Gasteiger partial charge in [-0.2, -0.15) is 13.2 Å². The van der Waals surface area contributed by atoms with Gasteiger partial charge >= 0.3 is 6.18 Å². The molecule has 2 aromatic carbocycles. The van der Waals surface area contributed by atoms with Crippen LogP contribution < -0.4 is 10.0 Å². The average Bonchev–Trinajstić information content (AvgIpc) is 2.60. The number of rotatable bonds is 5. The Morgan fingerprint density at radius 2 is 1.61 bits per heavy atom. The van der Waals surface area contributed by atoms with Gasteiger partial charge in [0, 0.05) is 17.1 Å². The zero-order valence-electron chi connectivity index (χ0n) is 14.9. The van der Waals surface area contributed by atoms with E-state index in [0.717, 1.165) is 0 Å². The molecule has 0 amide bonds. The summed E-state index contributed by atoms with van der Waals surface area (Å²) in [7, 11) is -3.66. The molecular weight excluding hydrogens is 393 g/mol. The number of fused-ring (bicyclic) bond motifs is 1. The fraction of sp³-hybridized carbons (Fsp3) is 0.222. The van der Waals surface area contributed by atoms with E-state index < -0.39 is 22.0 Å². The van der Waals surface area contributed by atoms with Gasteiger partial charge in [-0.15, -0.1) is 0 Å². The van der Waals surface area contributed by atoms with Gasteiger partial charge in [0.15, 0.2) is 0 Å². The van der Waals surface area contributed by atoms with Gasteiger partial charge in [-0.3, -0.25) is 0 Å². The van der Waals surface area contributed by atoms with Crippen molar-refractivity contribution in [3.63, 3.8) is 0 Å². The van der Waals surface area contributed by atoms with Gasteiger partial charge < -0.3 is 5.32 Å². The molecule has 1 aromatic heterocycles. The highest BCUT2D eigenvalue weighted by Gasteiger charge is 2.35. The highest BCUT2D eigenvalue weighted by Crippen LogP contribution is 2.31. The third-order valence-corrected chi connectivity index (χ3v) is 5.35. The number of sulfonamides is 1. The van der Waals surface area contributed by atoms with Crippen LogP contribution in [0.15, 0.2) is 53.4 Å². The van der Waals surface area contributed by atoms with Crippen molar-refractivity contribution in [3.8, 4) is 0 Å². The zero-order chi connectivity index (χ0) is 20.5. The van der Waals surface area contributed by atoms with Gasteiger partial charge in [-0.25, -0.2) is 23.1 Å². The Hall–Kier alpha value is -2.72.